The van der Waals surface area contributed by atoms with Crippen molar-refractivity contribution in [2.24, 2.45) is 0 Å². The van der Waals surface area contributed by atoms with E-state index in [0.717, 1.165) is 5.56 Å². The largest absolute Gasteiger partial charge is 0.483 e. The van der Waals surface area contributed by atoms with E-state index in [1.807, 2.05) is 25.1 Å². The van der Waals surface area contributed by atoms with Gasteiger partial charge in [-0.15, -0.1) is 0 Å². The SMILES string of the molecule is Cc1ccccc1OCC(=O)NNC(=O)c1ccc2c(c1)OCO2. The Morgan fingerprint density at radius 3 is 2.71 bits per heavy atom. The van der Waals surface area contributed by atoms with Crippen molar-refractivity contribution in [3.05, 3.63) is 53.6 Å². The Hall–Kier alpha value is -3.22. The van der Waals surface area contributed by atoms with E-state index in [0.29, 0.717) is 22.8 Å². The van der Waals surface area contributed by atoms with Crippen LogP contribution in [0.4, 0.5) is 0 Å². The fourth-order valence-electron chi connectivity index (χ4n) is 2.13. The average Bonchev–Trinajstić information content (AvgIpc) is 3.06. The van der Waals surface area contributed by atoms with Crippen molar-refractivity contribution in [1.82, 2.24) is 10.9 Å². The van der Waals surface area contributed by atoms with Crippen LogP contribution in [0.1, 0.15) is 15.9 Å². The average molecular weight is 328 g/mol. The van der Waals surface area contributed by atoms with Crippen molar-refractivity contribution in [3.63, 3.8) is 0 Å². The highest BCUT2D eigenvalue weighted by molar-refractivity contribution is 5.96. The number of hydrogen-bond acceptors (Lipinski definition) is 5. The van der Waals surface area contributed by atoms with Gasteiger partial charge in [0.2, 0.25) is 6.79 Å². The Bertz CT molecular complexity index is 775. The summed E-state index contributed by atoms with van der Waals surface area (Å²) in [7, 11) is 0. The molecule has 2 N–H and O–H groups in total. The molecule has 124 valence electrons. The van der Waals surface area contributed by atoms with Crippen molar-refractivity contribution >= 4 is 11.8 Å². The fourth-order valence-corrected chi connectivity index (χ4v) is 2.13. The molecule has 2 amide bonds. The number of carbonyl (C=O) groups excluding carboxylic acids is 2. The molecule has 0 saturated heterocycles. The van der Waals surface area contributed by atoms with Gasteiger partial charge in [-0.2, -0.15) is 0 Å². The molecule has 1 aliphatic rings. The van der Waals surface area contributed by atoms with E-state index < -0.39 is 11.8 Å². The van der Waals surface area contributed by atoms with Crippen LogP contribution in [0.15, 0.2) is 42.5 Å². The van der Waals surface area contributed by atoms with Crippen LogP contribution >= 0.6 is 0 Å². The number of nitrogens with one attached hydrogen (secondary N) is 2. The molecule has 3 rings (SSSR count). The third kappa shape index (κ3) is 3.57. The van der Waals surface area contributed by atoms with Gasteiger partial charge in [-0.25, -0.2) is 0 Å². The van der Waals surface area contributed by atoms with Gasteiger partial charge < -0.3 is 14.2 Å². The predicted molar refractivity (Wildman–Crippen MR) is 84.8 cm³/mol. The summed E-state index contributed by atoms with van der Waals surface area (Å²) < 4.78 is 15.8. The topological polar surface area (TPSA) is 85.9 Å². The smallest absolute Gasteiger partial charge is 0.276 e. The first-order chi connectivity index (χ1) is 11.6. The summed E-state index contributed by atoms with van der Waals surface area (Å²) in [6.45, 7) is 1.81. The molecule has 2 aromatic carbocycles. The maximum Gasteiger partial charge on any atom is 0.276 e. The minimum atomic E-state index is -0.465. The molecule has 7 heteroatoms. The van der Waals surface area contributed by atoms with Gasteiger partial charge in [-0.3, -0.25) is 20.4 Å². The highest BCUT2D eigenvalue weighted by Crippen LogP contribution is 2.32. The molecule has 0 unspecified atom stereocenters. The summed E-state index contributed by atoms with van der Waals surface area (Å²) >= 11 is 0. The Kier molecular flexibility index (Phi) is 4.51. The fraction of sp³-hybridized carbons (Fsp3) is 0.176. The molecular formula is C17H16N2O5. The molecule has 0 spiro atoms. The van der Waals surface area contributed by atoms with Gasteiger partial charge in [0.05, 0.1) is 0 Å². The Labute approximate surface area is 138 Å². The highest BCUT2D eigenvalue weighted by atomic mass is 16.7. The number of rotatable bonds is 4. The van der Waals surface area contributed by atoms with Crippen molar-refractivity contribution < 1.29 is 23.8 Å². The number of para-hydroxylation sites is 1. The van der Waals surface area contributed by atoms with E-state index in [1.54, 1.807) is 24.3 Å². The van der Waals surface area contributed by atoms with Gasteiger partial charge in [0.15, 0.2) is 18.1 Å². The van der Waals surface area contributed by atoms with Crippen LogP contribution in [0.2, 0.25) is 0 Å². The van der Waals surface area contributed by atoms with Crippen LogP contribution in [-0.2, 0) is 4.79 Å². The summed E-state index contributed by atoms with van der Waals surface area (Å²) in [5.74, 6) is 0.777. The van der Waals surface area contributed by atoms with Gasteiger partial charge in [0, 0.05) is 5.56 Å². The summed E-state index contributed by atoms with van der Waals surface area (Å²) in [6.07, 6.45) is 0. The second kappa shape index (κ2) is 6.91. The molecule has 0 fully saturated rings. The summed E-state index contributed by atoms with van der Waals surface area (Å²) in [6, 6.07) is 12.1. The normalized spacial score (nSPS) is 11.7. The number of amides is 2. The molecule has 1 aliphatic heterocycles. The molecule has 0 aliphatic carbocycles. The molecule has 24 heavy (non-hydrogen) atoms. The molecule has 0 saturated carbocycles. The molecule has 7 nitrogen and oxygen atoms in total. The van der Waals surface area contributed by atoms with E-state index >= 15 is 0 Å². The predicted octanol–water partition coefficient (Wildman–Crippen LogP) is 1.56. The number of hydrazine groups is 1. The first-order valence-corrected chi connectivity index (χ1v) is 7.31. The molecule has 0 bridgehead atoms. The van der Waals surface area contributed by atoms with Crippen LogP contribution in [0.3, 0.4) is 0 Å². The Balaban J connectivity index is 1.49. The zero-order valence-electron chi connectivity index (χ0n) is 13.0. The molecule has 1 heterocycles. The van der Waals surface area contributed by atoms with Crippen molar-refractivity contribution in [2.75, 3.05) is 13.4 Å². The second-order valence-corrected chi connectivity index (χ2v) is 5.12. The first-order valence-electron chi connectivity index (χ1n) is 7.31. The van der Waals surface area contributed by atoms with Crippen molar-refractivity contribution in [3.8, 4) is 17.2 Å². The third-order valence-corrected chi connectivity index (χ3v) is 3.40. The Morgan fingerprint density at radius 1 is 1.08 bits per heavy atom. The first kappa shape index (κ1) is 15.7. The van der Waals surface area contributed by atoms with Crippen molar-refractivity contribution in [2.45, 2.75) is 6.92 Å². The van der Waals surface area contributed by atoms with Crippen LogP contribution < -0.4 is 25.1 Å². The lowest BCUT2D eigenvalue weighted by Crippen LogP contribution is -2.43. The molecule has 0 radical (unpaired) electrons. The van der Waals surface area contributed by atoms with E-state index in [2.05, 4.69) is 10.9 Å². The van der Waals surface area contributed by atoms with Gasteiger partial charge in [0.1, 0.15) is 5.75 Å². The van der Waals surface area contributed by atoms with E-state index in [4.69, 9.17) is 14.2 Å². The quantitative estimate of drug-likeness (QED) is 0.832. The summed E-state index contributed by atoms with van der Waals surface area (Å²) in [5, 5.41) is 0. The number of fused-ring (bicyclic) bond motifs is 1. The number of ether oxygens (including phenoxy) is 3. The van der Waals surface area contributed by atoms with Crippen LogP contribution in [0, 0.1) is 6.92 Å². The Morgan fingerprint density at radius 2 is 1.88 bits per heavy atom. The van der Waals surface area contributed by atoms with Gasteiger partial charge in [-0.1, -0.05) is 18.2 Å². The summed E-state index contributed by atoms with van der Waals surface area (Å²) in [4.78, 5) is 23.8. The monoisotopic (exact) mass is 328 g/mol. The molecule has 0 atom stereocenters. The lowest BCUT2D eigenvalue weighted by Gasteiger charge is -2.10. The number of hydrogen-bond donors (Lipinski definition) is 2. The standard InChI is InChI=1S/C17H16N2O5/c1-11-4-2-3-5-13(11)22-9-16(20)18-19-17(21)12-6-7-14-15(8-12)24-10-23-14/h2-8H,9-10H2,1H3,(H,18,20)(H,19,21). The van der Waals surface area contributed by atoms with E-state index in [9.17, 15) is 9.59 Å². The maximum absolute atomic E-state index is 12.0. The molecular weight excluding hydrogens is 312 g/mol. The van der Waals surface area contributed by atoms with E-state index in [1.165, 1.54) is 0 Å². The second-order valence-electron chi connectivity index (χ2n) is 5.12. The minimum absolute atomic E-state index is 0.132. The van der Waals surface area contributed by atoms with Crippen LogP contribution in [-0.4, -0.2) is 25.2 Å². The zero-order valence-corrected chi connectivity index (χ0v) is 13.0. The maximum atomic E-state index is 12.0. The lowest BCUT2D eigenvalue weighted by atomic mass is 10.2. The molecule has 2 aromatic rings. The lowest BCUT2D eigenvalue weighted by molar-refractivity contribution is -0.123. The van der Waals surface area contributed by atoms with Crippen LogP contribution in [0.5, 0.6) is 17.2 Å². The highest BCUT2D eigenvalue weighted by Gasteiger charge is 2.16. The summed E-state index contributed by atoms with van der Waals surface area (Å²) in [5.41, 5.74) is 5.90. The van der Waals surface area contributed by atoms with Gasteiger partial charge in [0.25, 0.3) is 11.8 Å². The third-order valence-electron chi connectivity index (χ3n) is 3.40. The van der Waals surface area contributed by atoms with Gasteiger partial charge >= 0.3 is 0 Å². The van der Waals surface area contributed by atoms with Gasteiger partial charge in [-0.05, 0) is 36.8 Å². The van der Waals surface area contributed by atoms with Crippen LogP contribution in [0.25, 0.3) is 0 Å². The number of benzene rings is 2. The zero-order chi connectivity index (χ0) is 16.9. The van der Waals surface area contributed by atoms with Crippen molar-refractivity contribution in [1.29, 1.82) is 0 Å². The molecule has 0 aromatic heterocycles. The number of carbonyl (C=O) groups is 2. The minimum Gasteiger partial charge on any atom is -0.483 e. The van der Waals surface area contributed by atoms with E-state index in [-0.39, 0.29) is 13.4 Å². The number of aryl methyl sites for hydroxylation is 1.